The van der Waals surface area contributed by atoms with Gasteiger partial charge in [-0.2, -0.15) is 4.98 Å². The van der Waals surface area contributed by atoms with E-state index in [0.717, 1.165) is 0 Å². The van der Waals surface area contributed by atoms with Gasteiger partial charge in [-0.3, -0.25) is 0 Å². The van der Waals surface area contributed by atoms with Gasteiger partial charge in [-0.25, -0.2) is 0 Å². The van der Waals surface area contributed by atoms with Gasteiger partial charge in [0.2, 0.25) is 5.89 Å². The van der Waals surface area contributed by atoms with Gasteiger partial charge in [-0.05, 0) is 0 Å². The van der Waals surface area contributed by atoms with E-state index in [4.69, 9.17) is 0 Å². The van der Waals surface area contributed by atoms with Crippen molar-refractivity contribution in [2.75, 3.05) is 0 Å². The molecule has 0 unspecified atom stereocenters. The van der Waals surface area contributed by atoms with E-state index in [1.165, 1.54) is 44.9 Å². The van der Waals surface area contributed by atoms with Gasteiger partial charge in [0.15, 0.2) is 6.33 Å². The molecule has 0 atom stereocenters. The largest absolute Gasteiger partial charge is 0.340 e. The number of rotatable bonds is 5. The van der Waals surface area contributed by atoms with E-state index in [1.807, 2.05) is 0 Å². The number of nitrogens with zero attached hydrogens (tertiary/aromatic N) is 2. The molecule has 0 bridgehead atoms. The summed E-state index contributed by atoms with van der Waals surface area (Å²) in [4.78, 5) is 3.64. The van der Waals surface area contributed by atoms with Crippen LogP contribution in [0, 0.1) is 6.92 Å². The van der Waals surface area contributed by atoms with Gasteiger partial charge in [0.1, 0.15) is 0 Å². The van der Waals surface area contributed by atoms with Gasteiger partial charge in [0, 0.05) is 6.92 Å². The van der Waals surface area contributed by atoms with E-state index in [-0.39, 0.29) is 0 Å². The first-order valence-electron chi connectivity index (χ1n) is 5.54. The minimum Gasteiger partial charge on any atom is -0.340 e. The highest BCUT2D eigenvalue weighted by Crippen LogP contribution is 2.03. The standard InChI is InChI=1S/C8H18.C3H4N2O/c1-3-5-7-8-6-4-2;1-3-4-2-5-6-3/h3-8H2,1-2H3;2H,1H3. The maximum Gasteiger partial charge on any atom is 0.223 e. The lowest BCUT2D eigenvalue weighted by atomic mass is 10.1. The fourth-order valence-electron chi connectivity index (χ4n) is 1.08. The van der Waals surface area contributed by atoms with Crippen molar-refractivity contribution in [3.63, 3.8) is 0 Å². The third-order valence-electron chi connectivity index (χ3n) is 1.93. The van der Waals surface area contributed by atoms with Crippen LogP contribution >= 0.6 is 0 Å². The second kappa shape index (κ2) is 10.2. The number of unbranched alkanes of at least 4 members (excludes halogenated alkanes) is 5. The fraction of sp³-hybridized carbons (Fsp3) is 0.818. The normalized spacial score (nSPS) is 9.36. The number of aryl methyl sites for hydroxylation is 1. The summed E-state index contributed by atoms with van der Waals surface area (Å²) in [7, 11) is 0. The molecule has 0 saturated heterocycles. The third kappa shape index (κ3) is 9.23. The smallest absolute Gasteiger partial charge is 0.223 e. The molecule has 0 aromatic carbocycles. The molecule has 0 saturated carbocycles. The average Bonchev–Trinajstić information content (AvgIpc) is 2.65. The molecule has 3 heteroatoms. The van der Waals surface area contributed by atoms with Crippen LogP contribution in [0.25, 0.3) is 0 Å². The molecule has 0 amide bonds. The quantitative estimate of drug-likeness (QED) is 0.676. The summed E-state index contributed by atoms with van der Waals surface area (Å²) in [6, 6.07) is 0. The molecule has 1 rings (SSSR count). The SMILES string of the molecule is CCCCCCCC.Cc1ncno1. The van der Waals surface area contributed by atoms with Crippen molar-refractivity contribution >= 4 is 0 Å². The molecule has 1 aromatic heterocycles. The monoisotopic (exact) mass is 198 g/mol. The van der Waals surface area contributed by atoms with Crippen molar-refractivity contribution in [1.82, 2.24) is 10.1 Å². The van der Waals surface area contributed by atoms with Gasteiger partial charge >= 0.3 is 0 Å². The van der Waals surface area contributed by atoms with Gasteiger partial charge in [-0.1, -0.05) is 57.5 Å². The Bertz CT molecular complexity index is 179. The van der Waals surface area contributed by atoms with Crippen LogP contribution in [0.3, 0.4) is 0 Å². The zero-order valence-electron chi connectivity index (χ0n) is 9.62. The summed E-state index contributed by atoms with van der Waals surface area (Å²) in [5.41, 5.74) is 0. The Hall–Kier alpha value is -0.860. The van der Waals surface area contributed by atoms with Crippen LogP contribution in [0.2, 0.25) is 0 Å². The van der Waals surface area contributed by atoms with E-state index < -0.39 is 0 Å². The molecule has 0 aliphatic heterocycles. The summed E-state index contributed by atoms with van der Waals surface area (Å²) < 4.78 is 4.47. The first-order chi connectivity index (χ1) is 6.81. The molecule has 0 aliphatic rings. The molecular formula is C11H22N2O. The highest BCUT2D eigenvalue weighted by atomic mass is 16.5. The zero-order chi connectivity index (χ0) is 10.6. The van der Waals surface area contributed by atoms with Crippen molar-refractivity contribution in [2.45, 2.75) is 59.3 Å². The Morgan fingerprint density at radius 3 is 1.86 bits per heavy atom. The Morgan fingerprint density at radius 1 is 1.07 bits per heavy atom. The molecular weight excluding hydrogens is 176 g/mol. The Labute approximate surface area is 86.9 Å². The second-order valence-corrected chi connectivity index (χ2v) is 3.37. The lowest BCUT2D eigenvalue weighted by Crippen LogP contribution is -1.73. The second-order valence-electron chi connectivity index (χ2n) is 3.37. The Kier molecular flexibility index (Phi) is 9.59. The molecule has 14 heavy (non-hydrogen) atoms. The molecule has 0 N–H and O–H groups in total. The summed E-state index contributed by atoms with van der Waals surface area (Å²) in [5.74, 6) is 0.606. The van der Waals surface area contributed by atoms with Crippen LogP contribution in [-0.2, 0) is 0 Å². The van der Waals surface area contributed by atoms with E-state index in [9.17, 15) is 0 Å². The molecule has 0 fully saturated rings. The molecule has 0 aliphatic carbocycles. The molecule has 1 heterocycles. The van der Waals surface area contributed by atoms with E-state index >= 15 is 0 Å². The first kappa shape index (κ1) is 13.1. The minimum absolute atomic E-state index is 0.606. The highest BCUT2D eigenvalue weighted by Gasteiger charge is 1.83. The van der Waals surface area contributed by atoms with Crippen LogP contribution in [0.15, 0.2) is 10.9 Å². The Balaban J connectivity index is 0.000000249. The van der Waals surface area contributed by atoms with Crippen LogP contribution in [-0.4, -0.2) is 10.1 Å². The summed E-state index contributed by atoms with van der Waals surface area (Å²) in [5, 5.41) is 3.34. The Morgan fingerprint density at radius 2 is 1.64 bits per heavy atom. The fourth-order valence-corrected chi connectivity index (χ4v) is 1.08. The van der Waals surface area contributed by atoms with Gasteiger partial charge in [0.25, 0.3) is 0 Å². The average molecular weight is 198 g/mol. The van der Waals surface area contributed by atoms with Crippen LogP contribution in [0.4, 0.5) is 0 Å². The number of hydrogen-bond acceptors (Lipinski definition) is 3. The van der Waals surface area contributed by atoms with Crippen LogP contribution in [0.5, 0.6) is 0 Å². The van der Waals surface area contributed by atoms with Crippen LogP contribution in [0.1, 0.15) is 58.3 Å². The maximum atomic E-state index is 4.47. The highest BCUT2D eigenvalue weighted by molar-refractivity contribution is 4.62. The predicted octanol–water partition coefficient (Wildman–Crippen LogP) is 3.74. The molecule has 82 valence electrons. The van der Waals surface area contributed by atoms with E-state index in [2.05, 4.69) is 28.5 Å². The summed E-state index contributed by atoms with van der Waals surface area (Å²) in [6.07, 6.45) is 9.86. The molecule has 0 radical (unpaired) electrons. The van der Waals surface area contributed by atoms with Crippen molar-refractivity contribution < 1.29 is 4.52 Å². The number of aromatic nitrogens is 2. The summed E-state index contributed by atoms with van der Waals surface area (Å²) >= 11 is 0. The zero-order valence-corrected chi connectivity index (χ0v) is 9.62. The molecule has 1 aromatic rings. The molecule has 0 spiro atoms. The maximum absolute atomic E-state index is 4.47. The molecule has 3 nitrogen and oxygen atoms in total. The van der Waals surface area contributed by atoms with E-state index in [1.54, 1.807) is 6.92 Å². The van der Waals surface area contributed by atoms with Crippen LogP contribution < -0.4 is 0 Å². The lowest BCUT2D eigenvalue weighted by molar-refractivity contribution is 0.392. The number of hydrogen-bond donors (Lipinski definition) is 0. The van der Waals surface area contributed by atoms with E-state index in [0.29, 0.717) is 5.89 Å². The topological polar surface area (TPSA) is 38.9 Å². The first-order valence-corrected chi connectivity index (χ1v) is 5.54. The van der Waals surface area contributed by atoms with Crippen molar-refractivity contribution in [1.29, 1.82) is 0 Å². The van der Waals surface area contributed by atoms with Gasteiger partial charge in [0.05, 0.1) is 0 Å². The minimum atomic E-state index is 0.606. The third-order valence-corrected chi connectivity index (χ3v) is 1.93. The summed E-state index contributed by atoms with van der Waals surface area (Å²) in [6.45, 7) is 6.25. The van der Waals surface area contributed by atoms with Gasteiger partial charge < -0.3 is 4.52 Å². The predicted molar refractivity (Wildman–Crippen MR) is 58.1 cm³/mol. The van der Waals surface area contributed by atoms with Crippen molar-refractivity contribution in [3.8, 4) is 0 Å². The van der Waals surface area contributed by atoms with Crippen molar-refractivity contribution in [2.24, 2.45) is 0 Å². The lowest BCUT2D eigenvalue weighted by Gasteiger charge is -1.93. The van der Waals surface area contributed by atoms with Gasteiger partial charge in [-0.15, -0.1) is 0 Å². The van der Waals surface area contributed by atoms with Crippen molar-refractivity contribution in [3.05, 3.63) is 12.2 Å².